The fourth-order valence-electron chi connectivity index (χ4n) is 3.28. The third-order valence-electron chi connectivity index (χ3n) is 4.34. The minimum Gasteiger partial charge on any atom is -0.264 e. The van der Waals surface area contributed by atoms with Gasteiger partial charge in [-0.1, -0.05) is 24.3 Å². The second-order valence-corrected chi connectivity index (χ2v) is 5.63. The average molecular weight is 298 g/mol. The van der Waals surface area contributed by atoms with Crippen LogP contribution in [0.4, 0.5) is 0 Å². The van der Waals surface area contributed by atoms with E-state index < -0.39 is 0 Å². The van der Waals surface area contributed by atoms with Gasteiger partial charge in [0, 0.05) is 23.2 Å². The number of aromatic nitrogens is 3. The lowest BCUT2D eigenvalue weighted by atomic mass is 10.1. The smallest absolute Gasteiger partial charge is 0.264 e. The molecule has 4 heteroatoms. The van der Waals surface area contributed by atoms with Crippen molar-refractivity contribution in [3.8, 4) is 5.69 Å². The molecular formula is C19H12N3O+. The van der Waals surface area contributed by atoms with Gasteiger partial charge in [-0.3, -0.25) is 4.98 Å². The average Bonchev–Trinajstić information content (AvgIpc) is 3.03. The molecule has 4 nitrogen and oxygen atoms in total. The van der Waals surface area contributed by atoms with Gasteiger partial charge in [0.1, 0.15) is 18.1 Å². The number of para-hydroxylation sites is 1. The molecule has 0 N–H and O–H groups in total. The number of benzene rings is 2. The summed E-state index contributed by atoms with van der Waals surface area (Å²) in [5.41, 5.74) is 1.74. The van der Waals surface area contributed by atoms with Crippen molar-refractivity contribution < 1.29 is 4.57 Å². The van der Waals surface area contributed by atoms with Crippen LogP contribution in [-0.4, -0.2) is 9.38 Å². The SMILES string of the molecule is O=c1n2ccc3cccc(c[n+]1-c1cccc4ccncc14)c32. The van der Waals surface area contributed by atoms with Crippen LogP contribution in [0.3, 0.4) is 0 Å². The van der Waals surface area contributed by atoms with Crippen LogP contribution in [0.5, 0.6) is 0 Å². The standard InChI is InChI=1S/C19H12N3O/c23-19-21-10-8-14-4-1-5-15(18(14)21)12-22(19)17-6-2-3-13-7-9-20-11-16(13)17/h1-12H/q+1. The van der Waals surface area contributed by atoms with E-state index in [9.17, 15) is 4.79 Å². The first-order valence-electron chi connectivity index (χ1n) is 7.44. The van der Waals surface area contributed by atoms with E-state index in [-0.39, 0.29) is 5.69 Å². The van der Waals surface area contributed by atoms with Gasteiger partial charge in [-0.05, 0) is 29.7 Å². The Bertz CT molecular complexity index is 1230. The second kappa shape index (κ2) is 4.36. The molecule has 3 aromatic heterocycles. The predicted molar refractivity (Wildman–Crippen MR) is 89.2 cm³/mol. The first-order chi connectivity index (χ1) is 11.3. The van der Waals surface area contributed by atoms with Crippen LogP contribution < -0.4 is 10.3 Å². The molecule has 0 fully saturated rings. The van der Waals surface area contributed by atoms with Crippen LogP contribution in [0.15, 0.2) is 78.1 Å². The largest absolute Gasteiger partial charge is 0.508 e. The van der Waals surface area contributed by atoms with Gasteiger partial charge in [-0.2, -0.15) is 13.8 Å². The molecule has 5 aromatic rings. The number of pyridine rings is 1. The molecule has 0 aliphatic heterocycles. The Kier molecular flexibility index (Phi) is 2.33. The van der Waals surface area contributed by atoms with Gasteiger partial charge < -0.3 is 0 Å². The van der Waals surface area contributed by atoms with E-state index in [4.69, 9.17) is 0 Å². The van der Waals surface area contributed by atoms with E-state index >= 15 is 0 Å². The topological polar surface area (TPSA) is 38.2 Å². The Balaban J connectivity index is 1.96. The molecule has 3 heterocycles. The van der Waals surface area contributed by atoms with Crippen molar-refractivity contribution in [1.29, 1.82) is 0 Å². The summed E-state index contributed by atoms with van der Waals surface area (Å²) >= 11 is 0. The van der Waals surface area contributed by atoms with E-state index in [1.165, 1.54) is 0 Å². The zero-order chi connectivity index (χ0) is 15.4. The quantitative estimate of drug-likeness (QED) is 0.446. The molecule has 0 bridgehead atoms. The minimum absolute atomic E-state index is 0.0740. The third-order valence-corrected chi connectivity index (χ3v) is 4.34. The Hall–Kier alpha value is -3.27. The molecular weight excluding hydrogens is 286 g/mol. The van der Waals surface area contributed by atoms with Crippen LogP contribution in [0.1, 0.15) is 0 Å². The fourth-order valence-corrected chi connectivity index (χ4v) is 3.28. The molecule has 0 spiro atoms. The van der Waals surface area contributed by atoms with E-state index in [2.05, 4.69) is 4.98 Å². The summed E-state index contributed by atoms with van der Waals surface area (Å²) in [5, 5.41) is 4.14. The van der Waals surface area contributed by atoms with Crippen molar-refractivity contribution in [3.63, 3.8) is 0 Å². The van der Waals surface area contributed by atoms with Crippen molar-refractivity contribution in [1.82, 2.24) is 9.38 Å². The Morgan fingerprint density at radius 2 is 1.74 bits per heavy atom. The Morgan fingerprint density at radius 1 is 0.913 bits per heavy atom. The summed E-state index contributed by atoms with van der Waals surface area (Å²) in [6.45, 7) is 0. The maximum absolute atomic E-state index is 12.9. The molecule has 23 heavy (non-hydrogen) atoms. The predicted octanol–water partition coefficient (Wildman–Crippen LogP) is 2.72. The van der Waals surface area contributed by atoms with Gasteiger partial charge in [0.05, 0.1) is 5.39 Å². The van der Waals surface area contributed by atoms with E-state index in [1.54, 1.807) is 21.4 Å². The van der Waals surface area contributed by atoms with Gasteiger partial charge in [0.25, 0.3) is 0 Å². The van der Waals surface area contributed by atoms with Crippen molar-refractivity contribution in [2.75, 3.05) is 0 Å². The molecule has 0 saturated carbocycles. The molecule has 5 rings (SSSR count). The van der Waals surface area contributed by atoms with Crippen molar-refractivity contribution >= 4 is 27.1 Å². The number of nitrogens with zero attached hydrogens (tertiary/aromatic N) is 3. The fraction of sp³-hybridized carbons (Fsp3) is 0. The van der Waals surface area contributed by atoms with Crippen LogP contribution in [0, 0.1) is 0 Å². The monoisotopic (exact) mass is 298 g/mol. The highest BCUT2D eigenvalue weighted by Crippen LogP contribution is 2.21. The van der Waals surface area contributed by atoms with Crippen LogP contribution >= 0.6 is 0 Å². The highest BCUT2D eigenvalue weighted by molar-refractivity contribution is 5.95. The van der Waals surface area contributed by atoms with Crippen LogP contribution in [0.2, 0.25) is 0 Å². The number of hydrogen-bond donors (Lipinski definition) is 0. The molecule has 0 atom stereocenters. The van der Waals surface area contributed by atoms with E-state index in [0.717, 1.165) is 32.7 Å². The normalized spacial score (nSPS) is 11.7. The molecule has 0 radical (unpaired) electrons. The van der Waals surface area contributed by atoms with Gasteiger partial charge >= 0.3 is 5.69 Å². The van der Waals surface area contributed by atoms with Gasteiger partial charge in [-0.15, -0.1) is 0 Å². The molecule has 0 unspecified atom stereocenters. The molecule has 0 aliphatic rings. The van der Waals surface area contributed by atoms with Crippen LogP contribution in [-0.2, 0) is 0 Å². The van der Waals surface area contributed by atoms with Gasteiger partial charge in [0.15, 0.2) is 5.52 Å². The lowest BCUT2D eigenvalue weighted by Gasteiger charge is -2.04. The highest BCUT2D eigenvalue weighted by atomic mass is 16.1. The second-order valence-electron chi connectivity index (χ2n) is 5.63. The first kappa shape index (κ1) is 12.3. The van der Waals surface area contributed by atoms with Crippen LogP contribution in [0.25, 0.3) is 32.7 Å². The summed E-state index contributed by atoms with van der Waals surface area (Å²) < 4.78 is 3.41. The molecule has 0 aliphatic carbocycles. The summed E-state index contributed by atoms with van der Waals surface area (Å²) in [7, 11) is 0. The summed E-state index contributed by atoms with van der Waals surface area (Å²) in [6, 6.07) is 15.9. The first-order valence-corrected chi connectivity index (χ1v) is 7.44. The number of hydrogen-bond acceptors (Lipinski definition) is 2. The third kappa shape index (κ3) is 1.63. The maximum atomic E-state index is 12.9. The zero-order valence-electron chi connectivity index (χ0n) is 12.2. The molecule has 2 aromatic carbocycles. The lowest BCUT2D eigenvalue weighted by Crippen LogP contribution is -2.50. The zero-order valence-corrected chi connectivity index (χ0v) is 12.2. The number of fused-ring (bicyclic) bond motifs is 1. The molecule has 0 amide bonds. The Morgan fingerprint density at radius 3 is 2.70 bits per heavy atom. The van der Waals surface area contributed by atoms with E-state index in [1.807, 2.05) is 60.9 Å². The van der Waals surface area contributed by atoms with Gasteiger partial charge in [0.2, 0.25) is 0 Å². The molecule has 108 valence electrons. The summed E-state index contributed by atoms with van der Waals surface area (Å²) in [5.74, 6) is 0. The van der Waals surface area contributed by atoms with Crippen molar-refractivity contribution in [2.45, 2.75) is 0 Å². The van der Waals surface area contributed by atoms with Crippen molar-refractivity contribution in [2.24, 2.45) is 0 Å². The highest BCUT2D eigenvalue weighted by Gasteiger charge is 2.19. The lowest BCUT2D eigenvalue weighted by molar-refractivity contribution is -0.612. The summed E-state index contributed by atoms with van der Waals surface area (Å²) in [4.78, 5) is 17.2. The van der Waals surface area contributed by atoms with Crippen molar-refractivity contribution in [3.05, 3.63) is 83.8 Å². The Labute approximate surface area is 131 Å². The van der Waals surface area contributed by atoms with Gasteiger partial charge in [-0.25, -0.2) is 0 Å². The van der Waals surface area contributed by atoms with E-state index in [0.29, 0.717) is 0 Å². The molecule has 0 saturated heterocycles. The number of rotatable bonds is 1. The summed E-state index contributed by atoms with van der Waals surface area (Å²) in [6.07, 6.45) is 7.31. The maximum Gasteiger partial charge on any atom is 0.508 e. The minimum atomic E-state index is -0.0740.